The Kier molecular flexibility index (Phi) is 4.70. The molecule has 0 aromatic heterocycles. The van der Waals surface area contributed by atoms with E-state index in [1.54, 1.807) is 19.1 Å². The highest BCUT2D eigenvalue weighted by molar-refractivity contribution is 9.10. The second kappa shape index (κ2) is 5.67. The van der Waals surface area contributed by atoms with Gasteiger partial charge in [0, 0.05) is 6.07 Å². The van der Waals surface area contributed by atoms with Crippen molar-refractivity contribution < 1.29 is 14.8 Å². The number of rotatable bonds is 5. The van der Waals surface area contributed by atoms with Gasteiger partial charge in [-0.15, -0.1) is 0 Å². The van der Waals surface area contributed by atoms with E-state index in [0.29, 0.717) is 4.47 Å². The molecule has 1 rings (SSSR count). The Balaban J connectivity index is 2.95. The monoisotopic (exact) mass is 317 g/mol. The van der Waals surface area contributed by atoms with E-state index in [-0.39, 0.29) is 24.0 Å². The molecular formula is C12H16BrNO4. The number of ether oxygens (including phenoxy) is 1. The summed E-state index contributed by atoms with van der Waals surface area (Å²) in [6, 6.07) is 4.59. The van der Waals surface area contributed by atoms with Crippen molar-refractivity contribution >= 4 is 21.6 Å². The van der Waals surface area contributed by atoms with Crippen LogP contribution in [0.1, 0.15) is 20.8 Å². The predicted octanol–water partition coefficient (Wildman–Crippen LogP) is 3.14. The van der Waals surface area contributed by atoms with Crippen LogP contribution < -0.4 is 4.74 Å². The van der Waals surface area contributed by atoms with Crippen LogP contribution in [0.2, 0.25) is 0 Å². The highest BCUT2D eigenvalue weighted by Gasteiger charge is 2.28. The van der Waals surface area contributed by atoms with Crippen molar-refractivity contribution in [1.29, 1.82) is 0 Å². The average molecular weight is 318 g/mol. The van der Waals surface area contributed by atoms with Gasteiger partial charge in [-0.25, -0.2) is 0 Å². The van der Waals surface area contributed by atoms with Crippen molar-refractivity contribution in [2.24, 2.45) is 5.92 Å². The molecule has 1 N–H and O–H groups in total. The summed E-state index contributed by atoms with van der Waals surface area (Å²) in [7, 11) is 0. The lowest BCUT2D eigenvalue weighted by atomic mass is 9.94. The van der Waals surface area contributed by atoms with Crippen LogP contribution in [-0.2, 0) is 0 Å². The summed E-state index contributed by atoms with van der Waals surface area (Å²) >= 11 is 3.21. The van der Waals surface area contributed by atoms with E-state index in [9.17, 15) is 15.2 Å². The number of hydrogen-bond acceptors (Lipinski definition) is 4. The summed E-state index contributed by atoms with van der Waals surface area (Å²) in [5.41, 5.74) is -1.16. The van der Waals surface area contributed by atoms with Gasteiger partial charge in [0.25, 0.3) is 0 Å². The zero-order valence-electron chi connectivity index (χ0n) is 10.5. The van der Waals surface area contributed by atoms with E-state index in [0.717, 1.165) is 0 Å². The SMILES string of the molecule is CC(C)C(C)(O)COc1c(Br)cccc1[N+](=O)[O-]. The lowest BCUT2D eigenvalue weighted by molar-refractivity contribution is -0.386. The van der Waals surface area contributed by atoms with Crippen molar-refractivity contribution in [3.63, 3.8) is 0 Å². The summed E-state index contributed by atoms with van der Waals surface area (Å²) in [5, 5.41) is 20.9. The van der Waals surface area contributed by atoms with Gasteiger partial charge in [-0.2, -0.15) is 0 Å². The molecule has 18 heavy (non-hydrogen) atoms. The molecule has 0 aliphatic rings. The minimum absolute atomic E-state index is 0.00583. The van der Waals surface area contributed by atoms with Crippen LogP contribution >= 0.6 is 15.9 Å². The van der Waals surface area contributed by atoms with Gasteiger partial charge in [-0.3, -0.25) is 10.1 Å². The number of benzene rings is 1. The molecular weight excluding hydrogens is 302 g/mol. The number of para-hydroxylation sites is 1. The van der Waals surface area contributed by atoms with Gasteiger partial charge < -0.3 is 9.84 Å². The fourth-order valence-electron chi connectivity index (χ4n) is 1.17. The molecule has 6 heteroatoms. The molecule has 0 radical (unpaired) electrons. The zero-order valence-corrected chi connectivity index (χ0v) is 12.1. The number of halogens is 1. The predicted molar refractivity (Wildman–Crippen MR) is 71.8 cm³/mol. The Bertz CT molecular complexity index is 446. The van der Waals surface area contributed by atoms with Crippen molar-refractivity contribution in [1.82, 2.24) is 0 Å². The Hall–Kier alpha value is -1.14. The van der Waals surface area contributed by atoms with Gasteiger partial charge in [-0.1, -0.05) is 19.9 Å². The largest absolute Gasteiger partial charge is 0.483 e. The Morgan fingerprint density at radius 1 is 1.56 bits per heavy atom. The van der Waals surface area contributed by atoms with Crippen molar-refractivity contribution in [2.45, 2.75) is 26.4 Å². The van der Waals surface area contributed by atoms with Gasteiger partial charge in [-0.05, 0) is 34.8 Å². The van der Waals surface area contributed by atoms with Gasteiger partial charge in [0.2, 0.25) is 5.75 Å². The first kappa shape index (κ1) is 14.9. The molecule has 0 heterocycles. The van der Waals surface area contributed by atoms with E-state index in [1.165, 1.54) is 6.07 Å². The fraction of sp³-hybridized carbons (Fsp3) is 0.500. The highest BCUT2D eigenvalue weighted by Crippen LogP contribution is 2.35. The van der Waals surface area contributed by atoms with E-state index in [1.807, 2.05) is 13.8 Å². The number of aliphatic hydroxyl groups is 1. The third-order valence-corrected chi connectivity index (χ3v) is 3.52. The molecule has 0 aliphatic heterocycles. The van der Waals surface area contributed by atoms with E-state index in [4.69, 9.17) is 4.74 Å². The van der Waals surface area contributed by atoms with Crippen LogP contribution in [0, 0.1) is 16.0 Å². The Morgan fingerprint density at radius 2 is 2.17 bits per heavy atom. The molecule has 1 aromatic rings. The summed E-state index contributed by atoms with van der Waals surface area (Å²) in [4.78, 5) is 10.4. The Labute approximate surface area is 114 Å². The molecule has 0 amide bonds. The maximum Gasteiger partial charge on any atom is 0.312 e. The first-order chi connectivity index (χ1) is 8.25. The standard InChI is InChI=1S/C12H16BrNO4/c1-8(2)12(3,15)7-18-11-9(13)5-4-6-10(11)14(16)17/h4-6,8,15H,7H2,1-3H3. The minimum atomic E-state index is -1.04. The summed E-state index contributed by atoms with van der Waals surface area (Å²) in [6.45, 7) is 5.35. The average Bonchev–Trinajstić information content (AvgIpc) is 2.26. The molecule has 5 nitrogen and oxygen atoms in total. The highest BCUT2D eigenvalue weighted by atomic mass is 79.9. The molecule has 0 saturated heterocycles. The van der Waals surface area contributed by atoms with Crippen molar-refractivity contribution in [2.75, 3.05) is 6.61 Å². The fourth-order valence-corrected chi connectivity index (χ4v) is 1.64. The van der Waals surface area contributed by atoms with Crippen LogP contribution in [0.15, 0.2) is 22.7 Å². The zero-order chi connectivity index (χ0) is 13.9. The first-order valence-corrected chi connectivity index (χ1v) is 6.33. The maximum absolute atomic E-state index is 10.9. The smallest absolute Gasteiger partial charge is 0.312 e. The van der Waals surface area contributed by atoms with Crippen LogP contribution in [0.3, 0.4) is 0 Å². The van der Waals surface area contributed by atoms with Crippen LogP contribution in [0.25, 0.3) is 0 Å². The lowest BCUT2D eigenvalue weighted by Crippen LogP contribution is -2.37. The number of hydrogen-bond donors (Lipinski definition) is 1. The minimum Gasteiger partial charge on any atom is -0.483 e. The van der Waals surface area contributed by atoms with Crippen LogP contribution in [0.4, 0.5) is 5.69 Å². The topological polar surface area (TPSA) is 72.6 Å². The van der Waals surface area contributed by atoms with Gasteiger partial charge in [0.05, 0.1) is 15.0 Å². The maximum atomic E-state index is 10.9. The Morgan fingerprint density at radius 3 is 2.67 bits per heavy atom. The molecule has 0 saturated carbocycles. The number of nitro groups is 1. The molecule has 0 spiro atoms. The summed E-state index contributed by atoms with van der Waals surface area (Å²) in [6.07, 6.45) is 0. The van der Waals surface area contributed by atoms with E-state index >= 15 is 0 Å². The van der Waals surface area contributed by atoms with Crippen molar-refractivity contribution in [3.05, 3.63) is 32.8 Å². The van der Waals surface area contributed by atoms with Gasteiger partial charge in [0.1, 0.15) is 6.61 Å². The molecule has 0 fully saturated rings. The molecule has 100 valence electrons. The van der Waals surface area contributed by atoms with Gasteiger partial charge in [0.15, 0.2) is 0 Å². The number of nitrogens with zero attached hydrogens (tertiary/aromatic N) is 1. The molecule has 1 unspecified atom stereocenters. The van der Waals surface area contributed by atoms with Crippen molar-refractivity contribution in [3.8, 4) is 5.75 Å². The molecule has 1 atom stereocenters. The third-order valence-electron chi connectivity index (χ3n) is 2.90. The summed E-state index contributed by atoms with van der Waals surface area (Å²) in [5.74, 6) is 0.127. The normalized spacial score (nSPS) is 14.3. The first-order valence-electron chi connectivity index (χ1n) is 5.54. The molecule has 0 aliphatic carbocycles. The van der Waals surface area contributed by atoms with Gasteiger partial charge >= 0.3 is 5.69 Å². The quantitative estimate of drug-likeness (QED) is 0.668. The van der Waals surface area contributed by atoms with E-state index in [2.05, 4.69) is 15.9 Å². The third kappa shape index (κ3) is 3.43. The summed E-state index contributed by atoms with van der Waals surface area (Å²) < 4.78 is 5.91. The lowest BCUT2D eigenvalue weighted by Gasteiger charge is -2.27. The van der Waals surface area contributed by atoms with Crippen LogP contribution in [-0.4, -0.2) is 22.2 Å². The second-order valence-electron chi connectivity index (χ2n) is 4.65. The van der Waals surface area contributed by atoms with E-state index < -0.39 is 10.5 Å². The second-order valence-corrected chi connectivity index (χ2v) is 5.50. The molecule has 0 bridgehead atoms. The van der Waals surface area contributed by atoms with Crippen LogP contribution in [0.5, 0.6) is 5.75 Å². The number of nitro benzene ring substituents is 1. The molecule has 1 aromatic carbocycles.